The van der Waals surface area contributed by atoms with Crippen LogP contribution in [0.3, 0.4) is 0 Å². The van der Waals surface area contributed by atoms with E-state index in [-0.39, 0.29) is 12.2 Å². The number of aromatic nitrogens is 2. The zero-order chi connectivity index (χ0) is 15.5. The van der Waals surface area contributed by atoms with Crippen LogP contribution in [0.1, 0.15) is 10.5 Å². The fraction of sp³-hybridized carbons (Fsp3) is 0.214. The van der Waals surface area contributed by atoms with Crippen LogP contribution in [0.5, 0.6) is 11.5 Å². The summed E-state index contributed by atoms with van der Waals surface area (Å²) in [6.07, 6.45) is 1.44. The van der Waals surface area contributed by atoms with Gasteiger partial charge in [-0.1, -0.05) is 0 Å². The summed E-state index contributed by atoms with van der Waals surface area (Å²) in [5, 5.41) is 15.3. The van der Waals surface area contributed by atoms with E-state index < -0.39 is 11.9 Å². The van der Waals surface area contributed by atoms with E-state index in [0.717, 1.165) is 0 Å². The molecule has 114 valence electrons. The van der Waals surface area contributed by atoms with Crippen LogP contribution < -0.4 is 14.8 Å². The van der Waals surface area contributed by atoms with Gasteiger partial charge in [0.25, 0.3) is 5.91 Å². The molecule has 1 aliphatic heterocycles. The third-order valence-electron chi connectivity index (χ3n) is 2.97. The lowest BCUT2D eigenvalue weighted by molar-refractivity contribution is -0.137. The Morgan fingerprint density at radius 2 is 2.00 bits per heavy atom. The molecular weight excluding hydrogens is 290 g/mol. The van der Waals surface area contributed by atoms with Crippen molar-refractivity contribution in [1.29, 1.82) is 0 Å². The summed E-state index contributed by atoms with van der Waals surface area (Å²) in [5.74, 6) is -0.252. The second kappa shape index (κ2) is 5.76. The predicted octanol–water partition coefficient (Wildman–Crippen LogP) is 0.991. The molecule has 0 bridgehead atoms. The van der Waals surface area contributed by atoms with Gasteiger partial charge in [-0.15, -0.1) is 0 Å². The maximum atomic E-state index is 12.1. The molecule has 0 saturated heterocycles. The SMILES string of the molecule is O=C(O)Cn1ccc(C(=O)Nc2ccc3c(c2)OCCO3)n1. The van der Waals surface area contributed by atoms with Gasteiger partial charge in [0, 0.05) is 18.0 Å². The fourth-order valence-corrected chi connectivity index (χ4v) is 2.03. The number of amides is 1. The van der Waals surface area contributed by atoms with E-state index in [2.05, 4.69) is 10.4 Å². The lowest BCUT2D eigenvalue weighted by Gasteiger charge is -2.18. The molecule has 2 aromatic rings. The van der Waals surface area contributed by atoms with Gasteiger partial charge in [0.2, 0.25) is 0 Å². The summed E-state index contributed by atoms with van der Waals surface area (Å²) in [6, 6.07) is 6.53. The molecule has 0 aliphatic carbocycles. The molecule has 0 radical (unpaired) electrons. The van der Waals surface area contributed by atoms with Gasteiger partial charge in [0.15, 0.2) is 17.2 Å². The molecular formula is C14H13N3O5. The highest BCUT2D eigenvalue weighted by atomic mass is 16.6. The Balaban J connectivity index is 1.71. The van der Waals surface area contributed by atoms with Gasteiger partial charge in [-0.05, 0) is 18.2 Å². The first-order valence-electron chi connectivity index (χ1n) is 6.58. The van der Waals surface area contributed by atoms with Gasteiger partial charge in [-0.3, -0.25) is 14.3 Å². The predicted molar refractivity (Wildman–Crippen MR) is 75.2 cm³/mol. The standard InChI is InChI=1S/C14H13N3O5/c18-13(19)8-17-4-3-10(16-17)14(20)15-9-1-2-11-12(7-9)22-6-5-21-11/h1-4,7H,5-6,8H2,(H,15,20)(H,18,19). The van der Waals surface area contributed by atoms with Crippen LogP contribution in [0.15, 0.2) is 30.5 Å². The largest absolute Gasteiger partial charge is 0.486 e. The number of nitrogens with one attached hydrogen (secondary N) is 1. The van der Waals surface area contributed by atoms with Gasteiger partial charge in [-0.2, -0.15) is 5.10 Å². The van der Waals surface area contributed by atoms with Crippen molar-refractivity contribution in [2.45, 2.75) is 6.54 Å². The normalized spacial score (nSPS) is 12.7. The number of nitrogens with zero attached hydrogens (tertiary/aromatic N) is 2. The molecule has 1 aromatic carbocycles. The van der Waals surface area contributed by atoms with Crippen molar-refractivity contribution in [3.8, 4) is 11.5 Å². The summed E-state index contributed by atoms with van der Waals surface area (Å²) in [5.41, 5.74) is 0.679. The Labute approximate surface area is 125 Å². The number of carbonyl (C=O) groups excluding carboxylic acids is 1. The van der Waals surface area contributed by atoms with Crippen LogP contribution in [0.25, 0.3) is 0 Å². The van der Waals surface area contributed by atoms with Crippen molar-refractivity contribution in [3.63, 3.8) is 0 Å². The monoisotopic (exact) mass is 303 g/mol. The maximum Gasteiger partial charge on any atom is 0.325 e. The summed E-state index contributed by atoms with van der Waals surface area (Å²) < 4.78 is 12.0. The van der Waals surface area contributed by atoms with Crippen LogP contribution in [-0.2, 0) is 11.3 Å². The van der Waals surface area contributed by atoms with Crippen LogP contribution >= 0.6 is 0 Å². The lowest BCUT2D eigenvalue weighted by Crippen LogP contribution is -2.17. The number of carboxylic acids is 1. The zero-order valence-corrected chi connectivity index (χ0v) is 11.5. The van der Waals surface area contributed by atoms with Crippen LogP contribution in [0, 0.1) is 0 Å². The van der Waals surface area contributed by atoms with Crippen molar-refractivity contribution < 1.29 is 24.2 Å². The van der Waals surface area contributed by atoms with Gasteiger partial charge in [0.1, 0.15) is 19.8 Å². The van der Waals surface area contributed by atoms with Gasteiger partial charge < -0.3 is 19.9 Å². The first kappa shape index (κ1) is 13.9. The summed E-state index contributed by atoms with van der Waals surface area (Å²) in [4.78, 5) is 22.7. The number of benzene rings is 1. The Morgan fingerprint density at radius 1 is 1.23 bits per heavy atom. The molecule has 8 heteroatoms. The molecule has 2 N–H and O–H groups in total. The molecule has 8 nitrogen and oxygen atoms in total. The van der Waals surface area contributed by atoms with Crippen molar-refractivity contribution in [1.82, 2.24) is 9.78 Å². The second-order valence-electron chi connectivity index (χ2n) is 4.60. The molecule has 0 saturated carbocycles. The number of aliphatic carboxylic acids is 1. The minimum absolute atomic E-state index is 0.135. The minimum Gasteiger partial charge on any atom is -0.486 e. The molecule has 2 heterocycles. The number of carboxylic acid groups (broad SMARTS) is 1. The minimum atomic E-state index is -1.03. The molecule has 0 atom stereocenters. The Morgan fingerprint density at radius 3 is 2.77 bits per heavy atom. The van der Waals surface area contributed by atoms with E-state index in [9.17, 15) is 9.59 Å². The summed E-state index contributed by atoms with van der Waals surface area (Å²) >= 11 is 0. The average molecular weight is 303 g/mol. The van der Waals surface area contributed by atoms with Crippen LogP contribution in [-0.4, -0.2) is 40.0 Å². The smallest absolute Gasteiger partial charge is 0.325 e. The highest BCUT2D eigenvalue weighted by Gasteiger charge is 2.15. The topological polar surface area (TPSA) is 103 Å². The number of fused-ring (bicyclic) bond motifs is 1. The second-order valence-corrected chi connectivity index (χ2v) is 4.60. The Bertz CT molecular complexity index is 725. The lowest BCUT2D eigenvalue weighted by atomic mass is 10.2. The molecule has 22 heavy (non-hydrogen) atoms. The van der Waals surface area contributed by atoms with Crippen molar-refractivity contribution in [2.75, 3.05) is 18.5 Å². The first-order chi connectivity index (χ1) is 10.6. The third-order valence-corrected chi connectivity index (χ3v) is 2.97. The number of carbonyl (C=O) groups is 2. The van der Waals surface area contributed by atoms with Crippen LogP contribution in [0.4, 0.5) is 5.69 Å². The van der Waals surface area contributed by atoms with E-state index in [4.69, 9.17) is 14.6 Å². The summed E-state index contributed by atoms with van der Waals surface area (Å²) in [7, 11) is 0. The molecule has 1 amide bonds. The molecule has 3 rings (SSSR count). The van der Waals surface area contributed by atoms with E-state index in [1.807, 2.05) is 0 Å². The maximum absolute atomic E-state index is 12.1. The quantitative estimate of drug-likeness (QED) is 0.873. The van der Waals surface area contributed by atoms with Gasteiger partial charge >= 0.3 is 5.97 Å². The zero-order valence-electron chi connectivity index (χ0n) is 11.5. The number of hydrogen-bond acceptors (Lipinski definition) is 5. The van der Waals surface area contributed by atoms with Crippen molar-refractivity contribution in [3.05, 3.63) is 36.2 Å². The highest BCUT2D eigenvalue weighted by molar-refractivity contribution is 6.03. The highest BCUT2D eigenvalue weighted by Crippen LogP contribution is 2.32. The van der Waals surface area contributed by atoms with E-state index in [1.165, 1.54) is 16.9 Å². The van der Waals surface area contributed by atoms with E-state index >= 15 is 0 Å². The Hall–Kier alpha value is -3.03. The first-order valence-corrected chi connectivity index (χ1v) is 6.58. The van der Waals surface area contributed by atoms with E-state index in [0.29, 0.717) is 30.4 Å². The third kappa shape index (κ3) is 3.00. The molecule has 0 spiro atoms. The van der Waals surface area contributed by atoms with Crippen LogP contribution in [0.2, 0.25) is 0 Å². The van der Waals surface area contributed by atoms with Crippen molar-refractivity contribution in [2.24, 2.45) is 0 Å². The van der Waals surface area contributed by atoms with E-state index in [1.54, 1.807) is 18.2 Å². The fourth-order valence-electron chi connectivity index (χ4n) is 2.03. The number of rotatable bonds is 4. The average Bonchev–Trinajstić information content (AvgIpc) is 2.95. The molecule has 1 aliphatic rings. The van der Waals surface area contributed by atoms with Gasteiger partial charge in [0.05, 0.1) is 0 Å². The number of ether oxygens (including phenoxy) is 2. The number of anilines is 1. The Kier molecular flexibility index (Phi) is 3.65. The molecule has 0 unspecified atom stereocenters. The van der Waals surface area contributed by atoms with Crippen molar-refractivity contribution >= 4 is 17.6 Å². The molecule has 1 aromatic heterocycles. The number of hydrogen-bond donors (Lipinski definition) is 2. The summed E-state index contributed by atoms with van der Waals surface area (Å²) in [6.45, 7) is 0.668. The molecule has 0 fully saturated rings. The van der Waals surface area contributed by atoms with Gasteiger partial charge in [-0.25, -0.2) is 0 Å².